The molecule has 0 spiro atoms. The summed E-state index contributed by atoms with van der Waals surface area (Å²) in [5, 5.41) is 31.6. The number of thiophene rings is 1. The highest BCUT2D eigenvalue weighted by Gasteiger charge is 2.31. The lowest BCUT2D eigenvalue weighted by Gasteiger charge is -2.19. The molecule has 0 bridgehead atoms. The Kier molecular flexibility index (Phi) is 5.62. The van der Waals surface area contributed by atoms with Gasteiger partial charge in [0.15, 0.2) is 5.71 Å². The van der Waals surface area contributed by atoms with E-state index in [4.69, 9.17) is 5.11 Å². The predicted octanol–water partition coefficient (Wildman–Crippen LogP) is 4.89. The molecule has 3 N–H and O–H groups in total. The third kappa shape index (κ3) is 3.94. The van der Waals surface area contributed by atoms with Crippen LogP contribution in [-0.4, -0.2) is 33.5 Å². The number of rotatable bonds is 5. The Hall–Kier alpha value is -3.98. The summed E-state index contributed by atoms with van der Waals surface area (Å²) in [6.45, 7) is 1.71. The summed E-state index contributed by atoms with van der Waals surface area (Å²) in [5.74, 6) is -1.46. The van der Waals surface area contributed by atoms with Gasteiger partial charge >= 0.3 is 11.9 Å². The molecule has 0 fully saturated rings. The van der Waals surface area contributed by atoms with Crippen molar-refractivity contribution in [3.63, 3.8) is 0 Å². The van der Waals surface area contributed by atoms with E-state index in [0.29, 0.717) is 28.2 Å². The number of hydrogen-bond acceptors (Lipinski definition) is 7. The number of carboxylic acid groups (broad SMARTS) is 1. The van der Waals surface area contributed by atoms with Crippen LogP contribution in [0.3, 0.4) is 0 Å². The van der Waals surface area contributed by atoms with E-state index in [1.165, 1.54) is 28.6 Å². The maximum Gasteiger partial charge on any atom is 0.345 e. The maximum absolute atomic E-state index is 13.1. The summed E-state index contributed by atoms with van der Waals surface area (Å²) in [4.78, 5) is 24.4. The number of carbonyl (C=O) groups excluding carboxylic acids is 1. The number of benzene rings is 2. The minimum atomic E-state index is -1.02. The second-order valence-electron chi connectivity index (χ2n) is 8.24. The van der Waals surface area contributed by atoms with Gasteiger partial charge in [-0.2, -0.15) is 15.2 Å². The average Bonchev–Trinajstić information content (AvgIpc) is 3.43. The molecule has 8 nitrogen and oxygen atoms in total. The number of amides is 1. The van der Waals surface area contributed by atoms with Crippen molar-refractivity contribution in [2.45, 2.75) is 32.6 Å². The molecule has 0 unspecified atom stereocenters. The number of hydrazone groups is 2. The highest BCUT2D eigenvalue weighted by Crippen LogP contribution is 2.37. The van der Waals surface area contributed by atoms with Crippen LogP contribution in [-0.2, 0) is 17.6 Å². The van der Waals surface area contributed by atoms with Crippen LogP contribution >= 0.6 is 11.3 Å². The fraction of sp³-hybridized carbons (Fsp3) is 0.200. The Bertz CT molecular complexity index is 1370. The SMILES string of the molecule is CC1=NN(c2ccc3c(c2)CCCC3)C(=O)/C1=N\Nc1cccc(-c2csc(C(=O)O)c2)c1O. The number of phenolic OH excluding ortho intramolecular Hbond substituents is 1. The van der Waals surface area contributed by atoms with Gasteiger partial charge in [-0.25, -0.2) is 4.79 Å². The number of fused-ring (bicyclic) bond motifs is 1. The minimum absolute atomic E-state index is 0.0897. The average molecular weight is 475 g/mol. The third-order valence-corrected chi connectivity index (χ3v) is 6.93. The van der Waals surface area contributed by atoms with Gasteiger partial charge < -0.3 is 10.2 Å². The molecule has 2 heterocycles. The van der Waals surface area contributed by atoms with Crippen LogP contribution in [0.15, 0.2) is 58.0 Å². The Morgan fingerprint density at radius 2 is 1.94 bits per heavy atom. The van der Waals surface area contributed by atoms with Crippen molar-refractivity contribution >= 4 is 46.0 Å². The Morgan fingerprint density at radius 1 is 1.15 bits per heavy atom. The highest BCUT2D eigenvalue weighted by atomic mass is 32.1. The summed E-state index contributed by atoms with van der Waals surface area (Å²) in [7, 11) is 0. The summed E-state index contributed by atoms with van der Waals surface area (Å²) < 4.78 is 0. The van der Waals surface area contributed by atoms with E-state index < -0.39 is 5.97 Å². The summed E-state index contributed by atoms with van der Waals surface area (Å²) in [5.41, 5.74) is 8.05. The van der Waals surface area contributed by atoms with Gasteiger partial charge in [0.05, 0.1) is 17.1 Å². The molecule has 1 aliphatic heterocycles. The summed E-state index contributed by atoms with van der Waals surface area (Å²) in [6, 6.07) is 12.5. The van der Waals surface area contributed by atoms with Gasteiger partial charge in [-0.05, 0) is 78.9 Å². The topological polar surface area (TPSA) is 115 Å². The van der Waals surface area contributed by atoms with E-state index in [2.05, 4.69) is 21.7 Å². The number of aromatic carboxylic acids is 1. The lowest BCUT2D eigenvalue weighted by Crippen LogP contribution is -2.28. The number of nitrogens with zero attached hydrogens (tertiary/aromatic N) is 3. The van der Waals surface area contributed by atoms with Crippen molar-refractivity contribution in [1.82, 2.24) is 0 Å². The molecule has 3 aromatic rings. The van der Waals surface area contributed by atoms with Gasteiger partial charge in [0.25, 0.3) is 0 Å². The van der Waals surface area contributed by atoms with Gasteiger partial charge in [-0.1, -0.05) is 18.2 Å². The second kappa shape index (κ2) is 8.75. The fourth-order valence-corrected chi connectivity index (χ4v) is 4.97. The number of nitrogens with one attached hydrogen (secondary N) is 1. The van der Waals surface area contributed by atoms with Crippen molar-refractivity contribution in [3.8, 4) is 16.9 Å². The van der Waals surface area contributed by atoms with Gasteiger partial charge in [-0.15, -0.1) is 11.3 Å². The van der Waals surface area contributed by atoms with E-state index >= 15 is 0 Å². The molecule has 5 rings (SSSR count). The molecule has 0 saturated carbocycles. The maximum atomic E-state index is 13.1. The number of aromatic hydroxyl groups is 1. The van der Waals surface area contributed by atoms with Crippen molar-refractivity contribution in [1.29, 1.82) is 0 Å². The van der Waals surface area contributed by atoms with Crippen LogP contribution in [0.4, 0.5) is 11.4 Å². The predicted molar refractivity (Wildman–Crippen MR) is 133 cm³/mol. The third-order valence-electron chi connectivity index (χ3n) is 6.01. The van der Waals surface area contributed by atoms with Gasteiger partial charge in [-0.3, -0.25) is 10.2 Å². The van der Waals surface area contributed by atoms with E-state index in [0.717, 1.165) is 30.6 Å². The number of anilines is 2. The molecule has 0 saturated heterocycles. The highest BCUT2D eigenvalue weighted by molar-refractivity contribution is 7.12. The first-order valence-electron chi connectivity index (χ1n) is 10.9. The van der Waals surface area contributed by atoms with Crippen LogP contribution in [0, 0.1) is 0 Å². The van der Waals surface area contributed by atoms with Gasteiger partial charge in [0, 0.05) is 5.56 Å². The number of hydrogen-bond donors (Lipinski definition) is 3. The normalized spacial score (nSPS) is 16.5. The zero-order chi connectivity index (χ0) is 23.8. The lowest BCUT2D eigenvalue weighted by molar-refractivity contribution is -0.112. The number of para-hydroxylation sites is 1. The smallest absolute Gasteiger partial charge is 0.345 e. The van der Waals surface area contributed by atoms with Crippen LogP contribution in [0.2, 0.25) is 0 Å². The number of phenols is 1. The zero-order valence-electron chi connectivity index (χ0n) is 18.4. The molecule has 9 heteroatoms. The molecule has 1 aliphatic carbocycles. The van der Waals surface area contributed by atoms with Crippen LogP contribution in [0.1, 0.15) is 40.6 Å². The van der Waals surface area contributed by atoms with E-state index in [1.54, 1.807) is 30.5 Å². The van der Waals surface area contributed by atoms with E-state index in [9.17, 15) is 14.7 Å². The zero-order valence-corrected chi connectivity index (χ0v) is 19.2. The Labute approximate surface area is 199 Å². The standard InChI is InChI=1S/C25H22N4O4S/c1-14-22(24(31)29(28-14)18-10-9-15-5-2-3-6-16(15)11-18)27-26-20-8-4-7-19(23(20)30)17-12-21(25(32)33)34-13-17/h4,7-13,26,30H,2-3,5-6H2,1H3,(H,32,33)/b27-22-. The minimum Gasteiger partial charge on any atom is -0.505 e. The number of aryl methyl sites for hydroxylation is 2. The van der Waals surface area contributed by atoms with E-state index in [-0.39, 0.29) is 22.2 Å². The first-order valence-corrected chi connectivity index (χ1v) is 11.8. The number of carboxylic acids is 1. The monoisotopic (exact) mass is 474 g/mol. The van der Waals surface area contributed by atoms with Crippen molar-refractivity contribution in [2.24, 2.45) is 10.2 Å². The van der Waals surface area contributed by atoms with Crippen molar-refractivity contribution < 1.29 is 19.8 Å². The molecule has 172 valence electrons. The van der Waals surface area contributed by atoms with Crippen LogP contribution in [0.25, 0.3) is 11.1 Å². The van der Waals surface area contributed by atoms with Crippen LogP contribution < -0.4 is 10.4 Å². The Balaban J connectivity index is 1.38. The largest absolute Gasteiger partial charge is 0.505 e. The Morgan fingerprint density at radius 3 is 2.71 bits per heavy atom. The second-order valence-corrected chi connectivity index (χ2v) is 9.15. The molecule has 1 amide bonds. The first kappa shape index (κ1) is 21.8. The van der Waals surface area contributed by atoms with E-state index in [1.807, 2.05) is 12.1 Å². The molecule has 34 heavy (non-hydrogen) atoms. The quantitative estimate of drug-likeness (QED) is 0.360. The lowest BCUT2D eigenvalue weighted by atomic mass is 9.91. The molecular formula is C25H22N4O4S. The van der Waals surface area contributed by atoms with Crippen LogP contribution in [0.5, 0.6) is 5.75 Å². The summed E-state index contributed by atoms with van der Waals surface area (Å²) >= 11 is 1.08. The molecule has 1 aromatic heterocycles. The number of carbonyl (C=O) groups is 2. The molecular weight excluding hydrogens is 452 g/mol. The molecule has 2 aromatic carbocycles. The van der Waals surface area contributed by atoms with Crippen molar-refractivity contribution in [2.75, 3.05) is 10.4 Å². The molecule has 0 radical (unpaired) electrons. The fourth-order valence-electron chi connectivity index (χ4n) is 4.23. The first-order chi connectivity index (χ1) is 16.4. The molecule has 0 atom stereocenters. The van der Waals surface area contributed by atoms with Crippen molar-refractivity contribution in [3.05, 3.63) is 63.8 Å². The molecule has 2 aliphatic rings. The van der Waals surface area contributed by atoms with Gasteiger partial charge in [0.2, 0.25) is 0 Å². The summed E-state index contributed by atoms with van der Waals surface area (Å²) in [6.07, 6.45) is 4.41. The van der Waals surface area contributed by atoms with Gasteiger partial charge in [0.1, 0.15) is 10.6 Å².